The van der Waals surface area contributed by atoms with Gasteiger partial charge in [-0.3, -0.25) is 9.59 Å². The number of nitrogens with one attached hydrogen (secondary N) is 1. The molecule has 134 valence electrons. The van der Waals surface area contributed by atoms with E-state index in [-0.39, 0.29) is 18.0 Å². The van der Waals surface area contributed by atoms with Crippen LogP contribution in [0.15, 0.2) is 35.2 Å². The number of amides is 1. The van der Waals surface area contributed by atoms with Crippen molar-refractivity contribution >= 4 is 21.9 Å². The summed E-state index contributed by atoms with van der Waals surface area (Å²) in [7, 11) is -3.80. The molecule has 1 aromatic carbocycles. The van der Waals surface area contributed by atoms with Gasteiger partial charge in [0.25, 0.3) is 5.91 Å². The van der Waals surface area contributed by atoms with Gasteiger partial charge in [-0.15, -0.1) is 6.42 Å². The maximum absolute atomic E-state index is 12.8. The number of nitrogens with zero attached hydrogens (tertiary/aromatic N) is 1. The number of benzene rings is 1. The first-order valence-electron chi connectivity index (χ1n) is 7.90. The number of piperidine rings is 1. The smallest absolute Gasteiger partial charge is 0.324 e. The highest BCUT2D eigenvalue weighted by Gasteiger charge is 2.38. The molecule has 1 atom stereocenters. The van der Waals surface area contributed by atoms with Gasteiger partial charge in [0.15, 0.2) is 6.61 Å². The molecule has 1 heterocycles. The second-order valence-electron chi connectivity index (χ2n) is 5.53. The highest BCUT2D eigenvalue weighted by atomic mass is 32.2. The number of carbonyl (C=O) groups excluding carboxylic acids is 2. The van der Waals surface area contributed by atoms with E-state index in [1.54, 1.807) is 18.2 Å². The van der Waals surface area contributed by atoms with E-state index in [2.05, 4.69) is 11.2 Å². The van der Waals surface area contributed by atoms with Gasteiger partial charge in [0.2, 0.25) is 10.0 Å². The normalized spacial score (nSPS) is 18.1. The minimum atomic E-state index is -3.80. The molecular formula is C17H20N2O5S. The van der Waals surface area contributed by atoms with Gasteiger partial charge in [-0.25, -0.2) is 8.42 Å². The van der Waals surface area contributed by atoms with E-state index in [4.69, 9.17) is 11.2 Å². The predicted octanol–water partition coefficient (Wildman–Crippen LogP) is 0.522. The monoisotopic (exact) mass is 364 g/mol. The number of sulfonamides is 1. The van der Waals surface area contributed by atoms with E-state index in [0.29, 0.717) is 19.3 Å². The van der Waals surface area contributed by atoms with Gasteiger partial charge in [-0.1, -0.05) is 24.1 Å². The highest BCUT2D eigenvalue weighted by molar-refractivity contribution is 7.89. The zero-order valence-electron chi connectivity index (χ0n) is 13.7. The summed E-state index contributed by atoms with van der Waals surface area (Å²) >= 11 is 0. The average molecular weight is 364 g/mol. The lowest BCUT2D eigenvalue weighted by Crippen LogP contribution is -2.49. The third-order valence-corrected chi connectivity index (χ3v) is 5.73. The predicted molar refractivity (Wildman–Crippen MR) is 90.8 cm³/mol. The molecule has 0 spiro atoms. The van der Waals surface area contributed by atoms with E-state index >= 15 is 0 Å². The minimum absolute atomic E-state index is 0.0360. The van der Waals surface area contributed by atoms with Gasteiger partial charge < -0.3 is 10.1 Å². The summed E-state index contributed by atoms with van der Waals surface area (Å²) in [4.78, 5) is 23.9. The number of rotatable bonds is 6. The van der Waals surface area contributed by atoms with Crippen LogP contribution in [-0.4, -0.2) is 50.3 Å². The summed E-state index contributed by atoms with van der Waals surface area (Å²) in [6.07, 6.45) is 6.76. The maximum Gasteiger partial charge on any atom is 0.324 e. The zero-order valence-corrected chi connectivity index (χ0v) is 14.5. The lowest BCUT2D eigenvalue weighted by molar-refractivity contribution is -0.153. The fourth-order valence-electron chi connectivity index (χ4n) is 2.59. The molecule has 7 nitrogen and oxygen atoms in total. The van der Waals surface area contributed by atoms with Crippen molar-refractivity contribution in [2.24, 2.45) is 0 Å². The summed E-state index contributed by atoms with van der Waals surface area (Å²) in [6, 6.07) is 7.01. The Morgan fingerprint density at radius 3 is 2.68 bits per heavy atom. The number of carbonyl (C=O) groups is 2. The molecule has 0 saturated carbocycles. The molecule has 1 aromatic rings. The topological polar surface area (TPSA) is 92.8 Å². The van der Waals surface area contributed by atoms with Crippen molar-refractivity contribution in [2.75, 3.05) is 19.7 Å². The Morgan fingerprint density at radius 2 is 2.00 bits per heavy atom. The molecule has 1 aliphatic rings. The van der Waals surface area contributed by atoms with Crippen molar-refractivity contribution in [1.82, 2.24) is 9.62 Å². The average Bonchev–Trinajstić information content (AvgIpc) is 2.65. The van der Waals surface area contributed by atoms with E-state index in [1.165, 1.54) is 12.1 Å². The maximum atomic E-state index is 12.8. The van der Waals surface area contributed by atoms with Crippen LogP contribution in [0.1, 0.15) is 19.3 Å². The summed E-state index contributed by atoms with van der Waals surface area (Å²) in [6.45, 7) is -0.217. The van der Waals surface area contributed by atoms with Crippen molar-refractivity contribution in [2.45, 2.75) is 30.2 Å². The van der Waals surface area contributed by atoms with Gasteiger partial charge in [-0.05, 0) is 31.4 Å². The third kappa shape index (κ3) is 4.81. The van der Waals surface area contributed by atoms with Crippen LogP contribution in [0, 0.1) is 12.3 Å². The Labute approximate surface area is 147 Å². The molecule has 25 heavy (non-hydrogen) atoms. The van der Waals surface area contributed by atoms with Crippen LogP contribution in [0.25, 0.3) is 0 Å². The van der Waals surface area contributed by atoms with Gasteiger partial charge >= 0.3 is 5.97 Å². The third-order valence-electron chi connectivity index (χ3n) is 3.81. The Kier molecular flexibility index (Phi) is 6.56. The quantitative estimate of drug-likeness (QED) is 0.587. The van der Waals surface area contributed by atoms with Crippen molar-refractivity contribution in [3.63, 3.8) is 0 Å². The molecule has 1 N–H and O–H groups in total. The second kappa shape index (κ2) is 8.65. The van der Waals surface area contributed by atoms with E-state index < -0.39 is 34.5 Å². The van der Waals surface area contributed by atoms with Gasteiger partial charge in [0.05, 0.1) is 11.4 Å². The van der Waals surface area contributed by atoms with Crippen LogP contribution < -0.4 is 5.32 Å². The number of terminal acetylenes is 1. The van der Waals surface area contributed by atoms with Crippen molar-refractivity contribution in [3.8, 4) is 12.3 Å². The molecule has 2 rings (SSSR count). The molecule has 1 saturated heterocycles. The van der Waals surface area contributed by atoms with E-state index in [0.717, 1.165) is 4.31 Å². The number of esters is 1. The lowest BCUT2D eigenvalue weighted by Gasteiger charge is -2.32. The number of hydrogen-bond acceptors (Lipinski definition) is 5. The molecule has 8 heteroatoms. The first-order chi connectivity index (χ1) is 12.0. The van der Waals surface area contributed by atoms with Crippen molar-refractivity contribution in [1.29, 1.82) is 0 Å². The van der Waals surface area contributed by atoms with Crippen molar-refractivity contribution < 1.29 is 22.7 Å². The Morgan fingerprint density at radius 1 is 1.28 bits per heavy atom. The summed E-state index contributed by atoms with van der Waals surface area (Å²) < 4.78 is 31.7. The standard InChI is InChI=1S/C17H20N2O5S/c1-2-11-18-16(20)13-24-17(21)15-10-6-7-12-19(15)25(22,23)14-8-4-3-5-9-14/h1,3-5,8-9,15H,6-7,10-13H2,(H,18,20)/t15-/m1/s1. The van der Waals surface area contributed by atoms with Crippen LogP contribution in [0.5, 0.6) is 0 Å². The molecule has 0 aromatic heterocycles. The Bertz CT molecular complexity index is 755. The second-order valence-corrected chi connectivity index (χ2v) is 7.42. The van der Waals surface area contributed by atoms with Crippen LogP contribution in [0.2, 0.25) is 0 Å². The highest BCUT2D eigenvalue weighted by Crippen LogP contribution is 2.26. The molecule has 0 bridgehead atoms. The molecule has 0 aliphatic carbocycles. The fraction of sp³-hybridized carbons (Fsp3) is 0.412. The van der Waals surface area contributed by atoms with E-state index in [9.17, 15) is 18.0 Å². The zero-order chi connectivity index (χ0) is 18.3. The molecule has 1 fully saturated rings. The van der Waals surface area contributed by atoms with Gasteiger partial charge in [0.1, 0.15) is 6.04 Å². The van der Waals surface area contributed by atoms with Crippen LogP contribution in [-0.2, 0) is 24.3 Å². The SMILES string of the molecule is C#CCNC(=O)COC(=O)[C@H]1CCCCN1S(=O)(=O)c1ccccc1. The summed E-state index contributed by atoms with van der Waals surface area (Å²) in [5, 5.41) is 2.37. The molecule has 0 radical (unpaired) electrons. The first-order valence-corrected chi connectivity index (χ1v) is 9.34. The first kappa shape index (κ1) is 19.0. The number of ether oxygens (including phenoxy) is 1. The summed E-state index contributed by atoms with van der Waals surface area (Å²) in [5.41, 5.74) is 0. The lowest BCUT2D eigenvalue weighted by atomic mass is 10.1. The molecule has 1 amide bonds. The van der Waals surface area contributed by atoms with Crippen LogP contribution in [0.4, 0.5) is 0 Å². The van der Waals surface area contributed by atoms with Crippen molar-refractivity contribution in [3.05, 3.63) is 30.3 Å². The van der Waals surface area contributed by atoms with Gasteiger partial charge in [0, 0.05) is 6.54 Å². The molecule has 1 aliphatic heterocycles. The van der Waals surface area contributed by atoms with E-state index in [1.807, 2.05) is 0 Å². The minimum Gasteiger partial charge on any atom is -0.454 e. The Balaban J connectivity index is 2.09. The number of hydrogen-bond donors (Lipinski definition) is 1. The van der Waals surface area contributed by atoms with Crippen LogP contribution in [0.3, 0.4) is 0 Å². The molecule has 0 unspecified atom stereocenters. The summed E-state index contributed by atoms with van der Waals surface area (Å²) in [5.74, 6) is 0.980. The molecular weight excluding hydrogens is 344 g/mol. The van der Waals surface area contributed by atoms with Crippen LogP contribution >= 0.6 is 0 Å². The van der Waals surface area contributed by atoms with Gasteiger partial charge in [-0.2, -0.15) is 4.31 Å². The fourth-order valence-corrected chi connectivity index (χ4v) is 4.26. The largest absolute Gasteiger partial charge is 0.454 e. The Hall–Kier alpha value is -2.37.